The number of fused-ring (bicyclic) bond motifs is 1. The van der Waals surface area contributed by atoms with Gasteiger partial charge in [0.05, 0.1) is 5.56 Å². The van der Waals surface area contributed by atoms with E-state index in [1.807, 2.05) is 12.1 Å². The molecule has 1 aromatic heterocycles. The topological polar surface area (TPSA) is 53.1 Å². The fourth-order valence-corrected chi connectivity index (χ4v) is 1.71. The van der Waals surface area contributed by atoms with Crippen LogP contribution in [0.4, 0.5) is 0 Å². The van der Waals surface area contributed by atoms with E-state index in [0.29, 0.717) is 5.39 Å². The first-order chi connectivity index (χ1) is 8.22. The molecular formula is C13H11NO2S. The van der Waals surface area contributed by atoms with Crippen LogP contribution in [0.3, 0.4) is 0 Å². The summed E-state index contributed by atoms with van der Waals surface area (Å²) in [4.78, 5) is 13.9. The maximum absolute atomic E-state index is 11.0. The molecule has 2 rings (SSSR count). The maximum atomic E-state index is 11.0. The number of aromatic amines is 1. The van der Waals surface area contributed by atoms with E-state index in [9.17, 15) is 4.79 Å². The monoisotopic (exact) mass is 245 g/mol. The summed E-state index contributed by atoms with van der Waals surface area (Å²) in [6.45, 7) is 0. The van der Waals surface area contributed by atoms with E-state index >= 15 is 0 Å². The Hall–Kier alpha value is -1.86. The highest BCUT2D eigenvalue weighted by molar-refractivity contribution is 7.80. The minimum absolute atomic E-state index is 0.276. The lowest BCUT2D eigenvalue weighted by molar-refractivity contribution is 0.0699. The molecule has 4 heteroatoms. The number of benzene rings is 1. The minimum atomic E-state index is -0.934. The van der Waals surface area contributed by atoms with Crippen molar-refractivity contribution in [2.75, 3.05) is 5.75 Å². The fraction of sp³-hybridized carbons (Fsp3) is 0.154. The van der Waals surface area contributed by atoms with Crippen LogP contribution in [0, 0.1) is 11.8 Å². The van der Waals surface area contributed by atoms with Crippen molar-refractivity contribution < 1.29 is 9.90 Å². The average Bonchev–Trinajstić information content (AvgIpc) is 2.72. The second-order valence-electron chi connectivity index (χ2n) is 3.54. The molecule has 86 valence electrons. The summed E-state index contributed by atoms with van der Waals surface area (Å²) >= 11 is 4.07. The van der Waals surface area contributed by atoms with Crippen LogP contribution in [0.2, 0.25) is 0 Å². The highest BCUT2D eigenvalue weighted by Crippen LogP contribution is 2.19. The number of hydrogen-bond acceptors (Lipinski definition) is 2. The lowest BCUT2D eigenvalue weighted by atomic mass is 10.1. The van der Waals surface area contributed by atoms with Crippen molar-refractivity contribution in [3.05, 3.63) is 35.5 Å². The number of hydrogen-bond donors (Lipinski definition) is 3. The van der Waals surface area contributed by atoms with Crippen LogP contribution in [0.25, 0.3) is 10.9 Å². The Morgan fingerprint density at radius 2 is 2.29 bits per heavy atom. The minimum Gasteiger partial charge on any atom is -0.478 e. The van der Waals surface area contributed by atoms with Crippen LogP contribution in [0.1, 0.15) is 22.3 Å². The van der Waals surface area contributed by atoms with E-state index in [-0.39, 0.29) is 5.56 Å². The van der Waals surface area contributed by atoms with Crippen LogP contribution in [0.5, 0.6) is 0 Å². The summed E-state index contributed by atoms with van der Waals surface area (Å²) < 4.78 is 0. The molecule has 2 N–H and O–H groups in total. The van der Waals surface area contributed by atoms with Gasteiger partial charge >= 0.3 is 5.97 Å². The summed E-state index contributed by atoms with van der Waals surface area (Å²) in [5.41, 5.74) is 1.90. The van der Waals surface area contributed by atoms with Crippen molar-refractivity contribution >= 4 is 29.5 Å². The summed E-state index contributed by atoms with van der Waals surface area (Å²) in [6.07, 6.45) is 2.22. The molecular weight excluding hydrogens is 234 g/mol. The van der Waals surface area contributed by atoms with E-state index in [1.165, 1.54) is 6.20 Å². The van der Waals surface area contributed by atoms with Gasteiger partial charge in [-0.2, -0.15) is 12.6 Å². The van der Waals surface area contributed by atoms with Gasteiger partial charge in [0, 0.05) is 34.8 Å². The third-order valence-electron chi connectivity index (χ3n) is 2.38. The van der Waals surface area contributed by atoms with Crippen LogP contribution in [-0.4, -0.2) is 21.8 Å². The normalized spacial score (nSPS) is 9.94. The van der Waals surface area contributed by atoms with Crippen LogP contribution >= 0.6 is 12.6 Å². The van der Waals surface area contributed by atoms with E-state index in [1.54, 1.807) is 6.07 Å². The van der Waals surface area contributed by atoms with E-state index < -0.39 is 5.97 Å². The largest absolute Gasteiger partial charge is 0.478 e. The lowest BCUT2D eigenvalue weighted by Gasteiger charge is -1.94. The molecule has 0 aliphatic rings. The lowest BCUT2D eigenvalue weighted by Crippen LogP contribution is -1.93. The van der Waals surface area contributed by atoms with Crippen LogP contribution < -0.4 is 0 Å². The molecule has 0 radical (unpaired) electrons. The summed E-state index contributed by atoms with van der Waals surface area (Å²) in [6, 6.07) is 5.50. The zero-order chi connectivity index (χ0) is 12.3. The Bertz CT molecular complexity index is 619. The van der Waals surface area contributed by atoms with Gasteiger partial charge in [-0.1, -0.05) is 11.8 Å². The number of carbonyl (C=O) groups is 1. The second-order valence-corrected chi connectivity index (χ2v) is 3.99. The molecule has 0 aliphatic heterocycles. The molecule has 2 aromatic rings. The number of rotatable bonds is 2. The Morgan fingerprint density at radius 3 is 3.00 bits per heavy atom. The average molecular weight is 245 g/mol. The Labute approximate surface area is 104 Å². The molecule has 0 spiro atoms. The van der Waals surface area contributed by atoms with Crippen LogP contribution in [-0.2, 0) is 0 Å². The van der Waals surface area contributed by atoms with E-state index in [4.69, 9.17) is 5.11 Å². The Kier molecular flexibility index (Phi) is 3.40. The predicted molar refractivity (Wildman–Crippen MR) is 70.6 cm³/mol. The predicted octanol–water partition coefficient (Wildman–Crippen LogP) is 2.54. The van der Waals surface area contributed by atoms with E-state index in [2.05, 4.69) is 29.5 Å². The van der Waals surface area contributed by atoms with E-state index in [0.717, 1.165) is 23.3 Å². The third kappa shape index (κ3) is 2.45. The van der Waals surface area contributed by atoms with Gasteiger partial charge < -0.3 is 10.1 Å². The zero-order valence-corrected chi connectivity index (χ0v) is 9.92. The number of carboxylic acid groups (broad SMARTS) is 1. The quantitative estimate of drug-likeness (QED) is 0.562. The highest BCUT2D eigenvalue weighted by atomic mass is 32.1. The molecule has 17 heavy (non-hydrogen) atoms. The summed E-state index contributed by atoms with van der Waals surface area (Å²) in [5.74, 6) is 5.75. The van der Waals surface area contributed by atoms with Gasteiger partial charge in [0.25, 0.3) is 0 Å². The van der Waals surface area contributed by atoms with Crippen molar-refractivity contribution in [3.8, 4) is 11.8 Å². The van der Waals surface area contributed by atoms with Crippen molar-refractivity contribution in [2.24, 2.45) is 0 Å². The fourth-order valence-electron chi connectivity index (χ4n) is 1.60. The number of nitrogens with one attached hydrogen (secondary N) is 1. The SMILES string of the molecule is O=C(O)c1c[nH]c2ccc(C#CCCS)cc12. The standard InChI is InChI=1S/C13H11NO2S/c15-13(16)11-8-14-12-5-4-9(7-10(11)12)3-1-2-6-17/h4-5,7-8,14,17H,2,6H2,(H,15,16). The molecule has 0 amide bonds. The van der Waals surface area contributed by atoms with Crippen molar-refractivity contribution in [1.82, 2.24) is 4.98 Å². The second kappa shape index (κ2) is 4.98. The highest BCUT2D eigenvalue weighted by Gasteiger charge is 2.09. The van der Waals surface area contributed by atoms with Gasteiger partial charge in [-0.25, -0.2) is 4.79 Å². The van der Waals surface area contributed by atoms with Gasteiger partial charge in [0.15, 0.2) is 0 Å². The number of aromatic carboxylic acids is 1. The molecule has 0 bridgehead atoms. The molecule has 0 saturated heterocycles. The first kappa shape index (κ1) is 11.6. The molecule has 0 fully saturated rings. The number of aromatic nitrogens is 1. The molecule has 0 aliphatic carbocycles. The van der Waals surface area contributed by atoms with Gasteiger partial charge in [-0.05, 0) is 18.2 Å². The van der Waals surface area contributed by atoms with Gasteiger partial charge in [-0.15, -0.1) is 0 Å². The first-order valence-electron chi connectivity index (χ1n) is 5.16. The van der Waals surface area contributed by atoms with Crippen molar-refractivity contribution in [2.45, 2.75) is 6.42 Å². The zero-order valence-electron chi connectivity index (χ0n) is 9.03. The smallest absolute Gasteiger partial charge is 0.337 e. The molecule has 1 heterocycles. The first-order valence-corrected chi connectivity index (χ1v) is 5.80. The Balaban J connectivity index is 2.45. The Morgan fingerprint density at radius 1 is 1.47 bits per heavy atom. The molecule has 1 aromatic carbocycles. The van der Waals surface area contributed by atoms with Gasteiger partial charge in [0.2, 0.25) is 0 Å². The number of carboxylic acids is 1. The maximum Gasteiger partial charge on any atom is 0.337 e. The van der Waals surface area contributed by atoms with Crippen molar-refractivity contribution in [3.63, 3.8) is 0 Å². The molecule has 0 saturated carbocycles. The summed E-state index contributed by atoms with van der Waals surface area (Å²) in [5, 5.41) is 9.70. The molecule has 3 nitrogen and oxygen atoms in total. The van der Waals surface area contributed by atoms with Gasteiger partial charge in [0.1, 0.15) is 0 Å². The summed E-state index contributed by atoms with van der Waals surface area (Å²) in [7, 11) is 0. The number of H-pyrrole nitrogens is 1. The van der Waals surface area contributed by atoms with Crippen LogP contribution in [0.15, 0.2) is 24.4 Å². The molecule has 0 unspecified atom stereocenters. The molecule has 0 atom stereocenters. The van der Waals surface area contributed by atoms with Gasteiger partial charge in [-0.3, -0.25) is 0 Å². The number of thiol groups is 1. The van der Waals surface area contributed by atoms with Crippen molar-refractivity contribution in [1.29, 1.82) is 0 Å². The third-order valence-corrected chi connectivity index (χ3v) is 2.61.